The van der Waals surface area contributed by atoms with Crippen molar-refractivity contribution in [3.8, 4) is 0 Å². The van der Waals surface area contributed by atoms with E-state index in [1.165, 1.54) is 13.8 Å². The molecule has 0 saturated carbocycles. The fourth-order valence-electron chi connectivity index (χ4n) is 1.40. The first kappa shape index (κ1) is 23.2. The maximum absolute atomic E-state index is 13.4. The average Bonchev–Trinajstić information content (AvgIpc) is 2.34. The summed E-state index contributed by atoms with van der Waals surface area (Å²) < 4.78 is 143. The molecule has 0 bridgehead atoms. The van der Waals surface area contributed by atoms with Crippen LogP contribution in [0, 0.1) is 0 Å². The molecule has 0 aliphatic rings. The van der Waals surface area contributed by atoms with Gasteiger partial charge < -0.3 is 4.74 Å². The molecular formula is C10H13F9O4S. The third-order valence-corrected chi connectivity index (χ3v) is 3.52. The van der Waals surface area contributed by atoms with E-state index in [0.717, 1.165) is 0 Å². The molecule has 0 radical (unpaired) electrons. The topological polar surface area (TPSA) is 52.6 Å². The van der Waals surface area contributed by atoms with Crippen molar-refractivity contribution in [2.45, 2.75) is 56.2 Å². The van der Waals surface area contributed by atoms with E-state index >= 15 is 0 Å². The molecule has 0 rings (SSSR count). The lowest BCUT2D eigenvalue weighted by Gasteiger charge is -2.32. The van der Waals surface area contributed by atoms with Crippen LogP contribution in [0.5, 0.6) is 0 Å². The van der Waals surface area contributed by atoms with Crippen LogP contribution in [0.1, 0.15) is 26.7 Å². The lowest BCUT2D eigenvalue weighted by Crippen LogP contribution is -2.55. The second-order valence-corrected chi connectivity index (χ2v) is 5.87. The summed E-state index contributed by atoms with van der Waals surface area (Å²) in [6, 6.07) is 0. The first-order chi connectivity index (χ1) is 10.4. The van der Waals surface area contributed by atoms with Gasteiger partial charge in [0.25, 0.3) is 0 Å². The largest absolute Gasteiger partial charge is 0.464 e. The number of hydrogen-bond acceptors (Lipinski definition) is 4. The Morgan fingerprint density at radius 3 is 1.71 bits per heavy atom. The molecule has 0 saturated heterocycles. The monoisotopic (exact) mass is 400 g/mol. The van der Waals surface area contributed by atoms with Gasteiger partial charge in [-0.05, 0) is 13.3 Å². The van der Waals surface area contributed by atoms with Gasteiger partial charge in [-0.3, -0.25) is 0 Å². The van der Waals surface area contributed by atoms with Gasteiger partial charge in [0.15, 0.2) is 0 Å². The molecule has 146 valence electrons. The van der Waals surface area contributed by atoms with Gasteiger partial charge in [-0.1, -0.05) is 10.8 Å². The molecule has 0 aromatic rings. The molecule has 0 aliphatic heterocycles. The lowest BCUT2D eigenvalue weighted by molar-refractivity contribution is -0.457. The van der Waals surface area contributed by atoms with E-state index < -0.39 is 46.1 Å². The number of halogens is 9. The number of alkyl halides is 8. The zero-order chi connectivity index (χ0) is 19.6. The third-order valence-electron chi connectivity index (χ3n) is 2.67. The number of hydrogen-bond donors (Lipinski definition) is 0. The molecule has 0 N–H and O–H groups in total. The molecule has 0 amide bonds. The summed E-state index contributed by atoms with van der Waals surface area (Å²) >= 11 is 0. The van der Waals surface area contributed by atoms with Crippen molar-refractivity contribution in [3.63, 3.8) is 0 Å². The average molecular weight is 400 g/mol. The molecule has 1 atom stereocenters. The first-order valence-corrected chi connectivity index (χ1v) is 7.60. The predicted octanol–water partition coefficient (Wildman–Crippen LogP) is 3.92. The van der Waals surface area contributed by atoms with Crippen LogP contribution in [0.25, 0.3) is 0 Å². The van der Waals surface area contributed by atoms with Crippen molar-refractivity contribution in [2.75, 3.05) is 6.61 Å². The van der Waals surface area contributed by atoms with Gasteiger partial charge in [-0.2, -0.15) is 43.5 Å². The maximum Gasteiger partial charge on any atom is 0.464 e. The van der Waals surface area contributed by atoms with E-state index in [0.29, 0.717) is 0 Å². The molecule has 0 fully saturated rings. The van der Waals surface area contributed by atoms with Crippen LogP contribution < -0.4 is 0 Å². The fraction of sp³-hybridized carbons (Fsp3) is 1.00. The molecule has 0 spiro atoms. The highest BCUT2D eigenvalue weighted by molar-refractivity contribution is 7.87. The van der Waals surface area contributed by atoms with Gasteiger partial charge in [-0.25, -0.2) is 4.74 Å². The zero-order valence-corrected chi connectivity index (χ0v) is 13.0. The van der Waals surface area contributed by atoms with Crippen LogP contribution in [0.15, 0.2) is 0 Å². The van der Waals surface area contributed by atoms with Gasteiger partial charge in [0.1, 0.15) is 0 Å². The Hall–Kier alpha value is -0.760. The minimum atomic E-state index is -7.43. The normalized spacial score (nSPS) is 16.3. The quantitative estimate of drug-likeness (QED) is 0.412. The minimum absolute atomic E-state index is 0.199. The zero-order valence-electron chi connectivity index (χ0n) is 12.1. The molecule has 0 aromatic heterocycles. The molecule has 1 unspecified atom stereocenters. The molecule has 0 aromatic carbocycles. The highest BCUT2D eigenvalue weighted by Gasteiger charge is 2.74. The molecule has 0 aliphatic carbocycles. The fourth-order valence-corrected chi connectivity index (χ4v) is 1.72. The van der Waals surface area contributed by atoms with E-state index in [2.05, 4.69) is 9.47 Å². The summed E-state index contributed by atoms with van der Waals surface area (Å²) in [5.41, 5.74) is 0. The first-order valence-electron chi connectivity index (χ1n) is 6.22. The Labute approximate surface area is 131 Å². The molecule has 24 heavy (non-hydrogen) atoms. The predicted molar refractivity (Wildman–Crippen MR) is 61.2 cm³/mol. The Morgan fingerprint density at radius 1 is 0.917 bits per heavy atom. The van der Waals surface area contributed by atoms with Crippen LogP contribution in [0.3, 0.4) is 0 Å². The molecule has 14 heteroatoms. The standard InChI is InChI=1S/C10H13F9O4S/c1-3-6(22-4-2)5-7(11,12)8(13,14)23-9(15,16)10(17,18)24(19,20)21/h6H,3-5H2,1-2H3. The van der Waals surface area contributed by atoms with E-state index in [-0.39, 0.29) is 13.0 Å². The Kier molecular flexibility index (Phi) is 7.01. The van der Waals surface area contributed by atoms with Crippen LogP contribution in [0.4, 0.5) is 39.0 Å². The van der Waals surface area contributed by atoms with Crippen molar-refractivity contribution in [3.05, 3.63) is 0 Å². The van der Waals surface area contributed by atoms with Crippen LogP contribution in [-0.4, -0.2) is 44.5 Å². The number of rotatable bonds is 10. The van der Waals surface area contributed by atoms with E-state index in [1.54, 1.807) is 0 Å². The van der Waals surface area contributed by atoms with Crippen molar-refractivity contribution in [2.24, 2.45) is 0 Å². The Morgan fingerprint density at radius 2 is 1.38 bits per heavy atom. The van der Waals surface area contributed by atoms with Crippen LogP contribution in [-0.2, 0) is 19.7 Å². The van der Waals surface area contributed by atoms with Crippen LogP contribution in [0.2, 0.25) is 0 Å². The van der Waals surface area contributed by atoms with Crippen molar-refractivity contribution >= 4 is 10.2 Å². The second kappa shape index (κ2) is 7.23. The minimum Gasteiger partial charge on any atom is -0.378 e. The summed E-state index contributed by atoms with van der Waals surface area (Å²) in [5, 5.41) is -6.80. The third kappa shape index (κ3) is 4.88. The van der Waals surface area contributed by atoms with Gasteiger partial charge in [0.05, 0.1) is 6.10 Å². The smallest absolute Gasteiger partial charge is 0.378 e. The lowest BCUT2D eigenvalue weighted by atomic mass is 10.1. The van der Waals surface area contributed by atoms with E-state index in [1.807, 2.05) is 0 Å². The Bertz CT molecular complexity index is 520. The highest BCUT2D eigenvalue weighted by Crippen LogP contribution is 2.48. The molecular weight excluding hydrogens is 387 g/mol. The van der Waals surface area contributed by atoms with Gasteiger partial charge >= 0.3 is 33.6 Å². The van der Waals surface area contributed by atoms with Crippen molar-refractivity contribution in [1.29, 1.82) is 0 Å². The van der Waals surface area contributed by atoms with Gasteiger partial charge in [0, 0.05) is 13.0 Å². The maximum atomic E-state index is 13.4. The molecule has 4 nitrogen and oxygen atoms in total. The molecule has 0 heterocycles. The van der Waals surface area contributed by atoms with Gasteiger partial charge in [-0.15, -0.1) is 0 Å². The van der Waals surface area contributed by atoms with Gasteiger partial charge in [0.2, 0.25) is 0 Å². The summed E-state index contributed by atoms with van der Waals surface area (Å²) in [7, 11) is -7.43. The number of ether oxygens (including phenoxy) is 2. The summed E-state index contributed by atoms with van der Waals surface area (Å²) in [6.45, 7) is 2.35. The highest BCUT2D eigenvalue weighted by atomic mass is 32.3. The van der Waals surface area contributed by atoms with E-state index in [9.17, 15) is 47.4 Å². The van der Waals surface area contributed by atoms with E-state index in [4.69, 9.17) is 0 Å². The summed E-state index contributed by atoms with van der Waals surface area (Å²) in [5.74, 6) is -5.44. The summed E-state index contributed by atoms with van der Waals surface area (Å²) in [4.78, 5) is 0. The summed E-state index contributed by atoms with van der Waals surface area (Å²) in [6.07, 6.45) is -16.7. The Balaban J connectivity index is 5.51. The van der Waals surface area contributed by atoms with Crippen LogP contribution >= 0.6 is 0 Å². The second-order valence-electron chi connectivity index (χ2n) is 4.48. The van der Waals surface area contributed by atoms with Crippen molar-refractivity contribution in [1.82, 2.24) is 0 Å². The SMILES string of the molecule is CCOC(CC)CC(F)(F)C(F)(F)OC(F)(F)C(F)(F)S(=O)(=O)F. The van der Waals surface area contributed by atoms with Crippen molar-refractivity contribution < 1.29 is 56.9 Å².